The van der Waals surface area contributed by atoms with E-state index in [9.17, 15) is 4.79 Å². The first-order valence-electron chi connectivity index (χ1n) is 6.04. The van der Waals surface area contributed by atoms with Crippen molar-refractivity contribution in [1.82, 2.24) is 5.32 Å². The Hall–Kier alpha value is -0.680. The highest BCUT2D eigenvalue weighted by Gasteiger charge is 2.38. The Labute approximate surface area is 108 Å². The Morgan fingerprint density at radius 1 is 1.53 bits per heavy atom. The second kappa shape index (κ2) is 5.78. The van der Waals surface area contributed by atoms with Crippen LogP contribution in [0.1, 0.15) is 33.1 Å². The number of thiocarbonyl (C=S) groups is 1. The van der Waals surface area contributed by atoms with Gasteiger partial charge < -0.3 is 15.8 Å². The molecule has 1 aliphatic rings. The molecule has 4 nitrogen and oxygen atoms in total. The second-order valence-corrected chi connectivity index (χ2v) is 5.55. The van der Waals surface area contributed by atoms with Crippen molar-refractivity contribution in [2.45, 2.75) is 38.7 Å². The minimum Gasteiger partial charge on any atom is -0.393 e. The molecule has 1 rings (SSSR count). The molecule has 0 radical (unpaired) electrons. The molecule has 0 aromatic rings. The standard InChI is InChI=1S/C12H22N2O2S/c1-8(2)9(10(13)17)11(15)14-7-12(16-3)5-4-6-12/h8-9H,4-7H2,1-3H3,(H2,13,17)(H,14,15). The van der Waals surface area contributed by atoms with Gasteiger partial charge in [0.2, 0.25) is 5.91 Å². The van der Waals surface area contributed by atoms with E-state index in [1.807, 2.05) is 13.8 Å². The Bertz CT molecular complexity index is 295. The van der Waals surface area contributed by atoms with E-state index in [0.717, 1.165) is 19.3 Å². The van der Waals surface area contributed by atoms with Crippen LogP contribution in [0.5, 0.6) is 0 Å². The molecule has 1 saturated carbocycles. The van der Waals surface area contributed by atoms with E-state index in [1.165, 1.54) is 0 Å². The van der Waals surface area contributed by atoms with Crippen molar-refractivity contribution in [1.29, 1.82) is 0 Å². The van der Waals surface area contributed by atoms with Crippen molar-refractivity contribution in [3.63, 3.8) is 0 Å². The van der Waals surface area contributed by atoms with Crippen LogP contribution in [0.15, 0.2) is 0 Å². The van der Waals surface area contributed by atoms with Gasteiger partial charge in [0.25, 0.3) is 0 Å². The number of hydrogen-bond donors (Lipinski definition) is 2. The molecule has 0 heterocycles. The summed E-state index contributed by atoms with van der Waals surface area (Å²) in [6, 6.07) is 0. The SMILES string of the molecule is COC1(CNC(=O)C(C(N)=S)C(C)C)CCC1. The van der Waals surface area contributed by atoms with Crippen LogP contribution < -0.4 is 11.1 Å². The van der Waals surface area contributed by atoms with Crippen LogP contribution in [0.2, 0.25) is 0 Å². The highest BCUT2D eigenvalue weighted by Crippen LogP contribution is 2.34. The zero-order chi connectivity index (χ0) is 13.1. The third-order valence-electron chi connectivity index (χ3n) is 3.54. The lowest BCUT2D eigenvalue weighted by Crippen LogP contribution is -2.52. The van der Waals surface area contributed by atoms with Crippen molar-refractivity contribution in [3.05, 3.63) is 0 Å². The van der Waals surface area contributed by atoms with Crippen LogP contribution in [0.25, 0.3) is 0 Å². The normalized spacial score (nSPS) is 19.5. The maximum absolute atomic E-state index is 12.0. The van der Waals surface area contributed by atoms with Gasteiger partial charge in [0, 0.05) is 13.7 Å². The van der Waals surface area contributed by atoms with Crippen LogP contribution >= 0.6 is 12.2 Å². The smallest absolute Gasteiger partial charge is 0.230 e. The first-order chi connectivity index (χ1) is 7.92. The van der Waals surface area contributed by atoms with Crippen LogP contribution in [-0.4, -0.2) is 30.2 Å². The number of hydrogen-bond acceptors (Lipinski definition) is 3. The Kier molecular flexibility index (Phi) is 4.89. The summed E-state index contributed by atoms with van der Waals surface area (Å²) in [5.41, 5.74) is 5.44. The van der Waals surface area contributed by atoms with Gasteiger partial charge in [0.1, 0.15) is 0 Å². The number of methoxy groups -OCH3 is 1. The number of amides is 1. The summed E-state index contributed by atoms with van der Waals surface area (Å²) in [4.78, 5) is 12.3. The minimum absolute atomic E-state index is 0.0872. The summed E-state index contributed by atoms with van der Waals surface area (Å²) < 4.78 is 5.45. The molecule has 0 spiro atoms. The third-order valence-corrected chi connectivity index (χ3v) is 3.79. The molecule has 0 bridgehead atoms. The summed E-state index contributed by atoms with van der Waals surface area (Å²) in [5, 5.41) is 2.91. The molecular formula is C12H22N2O2S. The van der Waals surface area contributed by atoms with Crippen LogP contribution in [0.3, 0.4) is 0 Å². The molecule has 0 saturated heterocycles. The predicted molar refractivity (Wildman–Crippen MR) is 71.7 cm³/mol. The Morgan fingerprint density at radius 3 is 2.41 bits per heavy atom. The van der Waals surface area contributed by atoms with Gasteiger partial charge in [-0.05, 0) is 25.2 Å². The summed E-state index contributed by atoms with van der Waals surface area (Å²) >= 11 is 4.93. The van der Waals surface area contributed by atoms with E-state index < -0.39 is 0 Å². The fourth-order valence-corrected chi connectivity index (χ4v) is 2.52. The minimum atomic E-state index is -0.390. The number of nitrogens with one attached hydrogen (secondary N) is 1. The highest BCUT2D eigenvalue weighted by atomic mass is 32.1. The Balaban J connectivity index is 2.50. The number of carbonyl (C=O) groups excluding carboxylic acids is 1. The lowest BCUT2D eigenvalue weighted by atomic mass is 9.80. The molecule has 17 heavy (non-hydrogen) atoms. The van der Waals surface area contributed by atoms with Gasteiger partial charge >= 0.3 is 0 Å². The van der Waals surface area contributed by atoms with E-state index >= 15 is 0 Å². The number of nitrogens with two attached hydrogens (primary N) is 1. The van der Waals surface area contributed by atoms with E-state index in [0.29, 0.717) is 6.54 Å². The van der Waals surface area contributed by atoms with E-state index in [2.05, 4.69) is 5.32 Å². The Morgan fingerprint density at radius 2 is 2.12 bits per heavy atom. The fourth-order valence-electron chi connectivity index (χ4n) is 2.14. The molecule has 0 aromatic carbocycles. The molecule has 1 atom stereocenters. The van der Waals surface area contributed by atoms with Crippen molar-refractivity contribution in [2.24, 2.45) is 17.6 Å². The molecule has 1 fully saturated rings. The van der Waals surface area contributed by atoms with E-state index in [1.54, 1.807) is 7.11 Å². The highest BCUT2D eigenvalue weighted by molar-refractivity contribution is 7.80. The maximum Gasteiger partial charge on any atom is 0.230 e. The predicted octanol–water partition coefficient (Wildman–Crippen LogP) is 1.23. The van der Waals surface area contributed by atoms with Gasteiger partial charge in [-0.1, -0.05) is 26.1 Å². The van der Waals surface area contributed by atoms with Crippen molar-refractivity contribution < 1.29 is 9.53 Å². The number of ether oxygens (including phenoxy) is 1. The quantitative estimate of drug-likeness (QED) is 0.703. The molecule has 1 unspecified atom stereocenters. The summed E-state index contributed by atoms with van der Waals surface area (Å²) in [5.74, 6) is -0.359. The molecule has 0 aromatic heterocycles. The maximum atomic E-state index is 12.0. The summed E-state index contributed by atoms with van der Waals surface area (Å²) in [7, 11) is 1.69. The zero-order valence-electron chi connectivity index (χ0n) is 10.8. The van der Waals surface area contributed by atoms with Crippen molar-refractivity contribution in [3.8, 4) is 0 Å². The largest absolute Gasteiger partial charge is 0.393 e. The molecule has 1 amide bonds. The van der Waals surface area contributed by atoms with Crippen molar-refractivity contribution >= 4 is 23.1 Å². The monoisotopic (exact) mass is 258 g/mol. The number of carbonyl (C=O) groups is 1. The second-order valence-electron chi connectivity index (χ2n) is 5.08. The first kappa shape index (κ1) is 14.4. The van der Waals surface area contributed by atoms with Crippen LogP contribution in [0.4, 0.5) is 0 Å². The van der Waals surface area contributed by atoms with Crippen molar-refractivity contribution in [2.75, 3.05) is 13.7 Å². The molecule has 5 heteroatoms. The molecule has 0 aliphatic heterocycles. The zero-order valence-corrected chi connectivity index (χ0v) is 11.6. The van der Waals surface area contributed by atoms with Gasteiger partial charge in [0.15, 0.2) is 0 Å². The van der Waals surface area contributed by atoms with Gasteiger partial charge in [-0.2, -0.15) is 0 Å². The van der Waals surface area contributed by atoms with Crippen LogP contribution in [-0.2, 0) is 9.53 Å². The fraction of sp³-hybridized carbons (Fsp3) is 0.833. The van der Waals surface area contributed by atoms with Gasteiger partial charge in [-0.15, -0.1) is 0 Å². The van der Waals surface area contributed by atoms with Gasteiger partial charge in [-0.25, -0.2) is 0 Å². The van der Waals surface area contributed by atoms with E-state index in [-0.39, 0.29) is 28.3 Å². The average Bonchev–Trinajstić information content (AvgIpc) is 2.15. The summed E-state index contributed by atoms with van der Waals surface area (Å²) in [6.45, 7) is 4.44. The first-order valence-corrected chi connectivity index (χ1v) is 6.45. The molecule has 3 N–H and O–H groups in total. The van der Waals surface area contributed by atoms with Gasteiger partial charge in [-0.3, -0.25) is 4.79 Å². The number of rotatable bonds is 6. The molecule has 1 aliphatic carbocycles. The average molecular weight is 258 g/mol. The molecular weight excluding hydrogens is 236 g/mol. The van der Waals surface area contributed by atoms with Crippen LogP contribution in [0, 0.1) is 11.8 Å². The van der Waals surface area contributed by atoms with E-state index in [4.69, 9.17) is 22.7 Å². The lowest BCUT2D eigenvalue weighted by Gasteiger charge is -2.40. The topological polar surface area (TPSA) is 64.3 Å². The summed E-state index contributed by atoms with van der Waals surface area (Å²) in [6.07, 6.45) is 3.17. The lowest BCUT2D eigenvalue weighted by molar-refractivity contribution is -0.127. The van der Waals surface area contributed by atoms with Gasteiger partial charge in [0.05, 0.1) is 16.5 Å². The third kappa shape index (κ3) is 3.39. The molecule has 98 valence electrons.